The molecule has 0 radical (unpaired) electrons. The van der Waals surface area contributed by atoms with Crippen LogP contribution in [0.15, 0.2) is 41.1 Å². The van der Waals surface area contributed by atoms with Crippen LogP contribution in [0.25, 0.3) is 22.0 Å². The van der Waals surface area contributed by atoms with E-state index >= 15 is 0 Å². The monoisotopic (exact) mass is 469 g/mol. The Balaban J connectivity index is 1.27. The molecular formula is C22H27N7O3S. The van der Waals surface area contributed by atoms with Crippen molar-refractivity contribution in [1.29, 1.82) is 0 Å². The fraction of sp³-hybridized carbons (Fsp3) is 0.409. The van der Waals surface area contributed by atoms with Crippen molar-refractivity contribution < 1.29 is 12.8 Å². The summed E-state index contributed by atoms with van der Waals surface area (Å²) in [6, 6.07) is 7.80. The average molecular weight is 470 g/mol. The zero-order chi connectivity index (χ0) is 22.8. The first-order chi connectivity index (χ1) is 15.9. The molecule has 3 N–H and O–H groups in total. The van der Waals surface area contributed by atoms with E-state index in [9.17, 15) is 8.42 Å². The van der Waals surface area contributed by atoms with Crippen LogP contribution in [-0.2, 0) is 9.84 Å². The molecule has 1 saturated heterocycles. The van der Waals surface area contributed by atoms with E-state index in [2.05, 4.69) is 30.7 Å². The number of sulfone groups is 1. The SMILES string of the molecule is CS(=O)(=O)CCNCC1CCN(c2nc(Nc3ccc4cn[nH]c4c3)nc3ccoc23)CC1. The predicted octanol–water partition coefficient (Wildman–Crippen LogP) is 2.69. The Labute approximate surface area is 191 Å². The highest BCUT2D eigenvalue weighted by molar-refractivity contribution is 7.90. The Kier molecular flexibility index (Phi) is 5.90. The highest BCUT2D eigenvalue weighted by Crippen LogP contribution is 2.30. The second-order valence-electron chi connectivity index (χ2n) is 8.57. The van der Waals surface area contributed by atoms with Gasteiger partial charge in [-0.3, -0.25) is 5.10 Å². The molecule has 1 aliphatic rings. The average Bonchev–Trinajstić information content (AvgIpc) is 3.45. The number of aromatic amines is 1. The number of H-pyrrole nitrogens is 1. The third-order valence-corrected chi connectivity index (χ3v) is 6.93. The van der Waals surface area contributed by atoms with Gasteiger partial charge in [0.2, 0.25) is 5.95 Å². The summed E-state index contributed by atoms with van der Waals surface area (Å²) < 4.78 is 28.3. The van der Waals surface area contributed by atoms with Crippen molar-refractivity contribution in [3.8, 4) is 0 Å². The fourth-order valence-corrected chi connectivity index (χ4v) is 4.69. The summed E-state index contributed by atoms with van der Waals surface area (Å²) in [4.78, 5) is 11.6. The molecule has 0 aliphatic carbocycles. The van der Waals surface area contributed by atoms with Gasteiger partial charge in [-0.2, -0.15) is 10.1 Å². The van der Waals surface area contributed by atoms with Crippen molar-refractivity contribution in [2.75, 3.05) is 48.4 Å². The summed E-state index contributed by atoms with van der Waals surface area (Å²) in [6.07, 6.45) is 6.69. The number of nitrogens with one attached hydrogen (secondary N) is 3. The van der Waals surface area contributed by atoms with Crippen LogP contribution in [0.4, 0.5) is 17.5 Å². The Hall–Kier alpha value is -3.18. The van der Waals surface area contributed by atoms with Crippen molar-refractivity contribution in [3.63, 3.8) is 0 Å². The second-order valence-corrected chi connectivity index (χ2v) is 10.8. The summed E-state index contributed by atoms with van der Waals surface area (Å²) in [5, 5.41) is 14.7. The minimum absolute atomic E-state index is 0.173. The van der Waals surface area contributed by atoms with Gasteiger partial charge in [0.15, 0.2) is 11.4 Å². The van der Waals surface area contributed by atoms with Gasteiger partial charge in [0.05, 0.1) is 23.7 Å². The van der Waals surface area contributed by atoms with E-state index in [0.29, 0.717) is 24.0 Å². The first-order valence-electron chi connectivity index (χ1n) is 11.0. The zero-order valence-electron chi connectivity index (χ0n) is 18.4. The lowest BCUT2D eigenvalue weighted by molar-refractivity contribution is 0.385. The quantitative estimate of drug-likeness (QED) is 0.334. The van der Waals surface area contributed by atoms with Crippen molar-refractivity contribution in [2.24, 2.45) is 5.92 Å². The van der Waals surface area contributed by atoms with Crippen LogP contribution in [0.2, 0.25) is 0 Å². The van der Waals surface area contributed by atoms with Crippen molar-refractivity contribution in [2.45, 2.75) is 12.8 Å². The molecular weight excluding hydrogens is 442 g/mol. The minimum atomic E-state index is -2.93. The summed E-state index contributed by atoms with van der Waals surface area (Å²) in [6.45, 7) is 3.03. The van der Waals surface area contributed by atoms with Gasteiger partial charge in [-0.1, -0.05) is 0 Å². The van der Waals surface area contributed by atoms with Gasteiger partial charge in [-0.25, -0.2) is 13.4 Å². The fourth-order valence-electron chi connectivity index (χ4n) is 4.17. The third-order valence-electron chi connectivity index (χ3n) is 5.98. The Morgan fingerprint density at radius 2 is 2.06 bits per heavy atom. The highest BCUT2D eigenvalue weighted by atomic mass is 32.2. The Morgan fingerprint density at radius 1 is 1.21 bits per heavy atom. The van der Waals surface area contributed by atoms with E-state index in [1.54, 1.807) is 12.5 Å². The molecule has 1 aliphatic heterocycles. The van der Waals surface area contributed by atoms with E-state index in [-0.39, 0.29) is 5.75 Å². The Morgan fingerprint density at radius 3 is 2.88 bits per heavy atom. The van der Waals surface area contributed by atoms with E-state index in [1.807, 2.05) is 24.3 Å². The number of benzene rings is 1. The van der Waals surface area contributed by atoms with Crippen LogP contribution in [0.3, 0.4) is 0 Å². The maximum absolute atomic E-state index is 11.3. The molecule has 0 saturated carbocycles. The molecule has 0 unspecified atom stereocenters. The molecule has 5 rings (SSSR count). The third kappa shape index (κ3) is 5.09. The van der Waals surface area contributed by atoms with Crippen LogP contribution in [-0.4, -0.2) is 66.8 Å². The lowest BCUT2D eigenvalue weighted by Crippen LogP contribution is -2.38. The molecule has 1 fully saturated rings. The van der Waals surface area contributed by atoms with Crippen LogP contribution in [0, 0.1) is 5.92 Å². The minimum Gasteiger partial charge on any atom is -0.459 e. The Bertz CT molecular complexity index is 1360. The first-order valence-corrected chi connectivity index (χ1v) is 13.1. The number of fused-ring (bicyclic) bond motifs is 2. The molecule has 0 bridgehead atoms. The maximum atomic E-state index is 11.3. The van der Waals surface area contributed by atoms with Crippen LogP contribution >= 0.6 is 0 Å². The van der Waals surface area contributed by atoms with E-state index in [4.69, 9.17) is 9.40 Å². The summed E-state index contributed by atoms with van der Waals surface area (Å²) >= 11 is 0. The van der Waals surface area contributed by atoms with E-state index in [0.717, 1.165) is 60.4 Å². The molecule has 174 valence electrons. The molecule has 4 aromatic rings. The highest BCUT2D eigenvalue weighted by Gasteiger charge is 2.24. The number of aromatic nitrogens is 4. The van der Waals surface area contributed by atoms with Gasteiger partial charge in [0.25, 0.3) is 0 Å². The van der Waals surface area contributed by atoms with E-state index < -0.39 is 9.84 Å². The smallest absolute Gasteiger partial charge is 0.229 e. The van der Waals surface area contributed by atoms with Crippen molar-refractivity contribution >= 4 is 49.3 Å². The zero-order valence-corrected chi connectivity index (χ0v) is 19.2. The molecule has 3 aromatic heterocycles. The number of hydrogen-bond acceptors (Lipinski definition) is 9. The van der Waals surface area contributed by atoms with E-state index in [1.165, 1.54) is 6.26 Å². The van der Waals surface area contributed by atoms with Crippen molar-refractivity contribution in [1.82, 2.24) is 25.5 Å². The molecule has 1 aromatic carbocycles. The van der Waals surface area contributed by atoms with Crippen molar-refractivity contribution in [3.05, 3.63) is 36.7 Å². The topological polar surface area (TPSA) is 129 Å². The largest absolute Gasteiger partial charge is 0.459 e. The maximum Gasteiger partial charge on any atom is 0.229 e. The summed E-state index contributed by atoms with van der Waals surface area (Å²) in [5.41, 5.74) is 3.26. The molecule has 4 heterocycles. The van der Waals surface area contributed by atoms with Gasteiger partial charge in [-0.05, 0) is 43.5 Å². The molecule has 33 heavy (non-hydrogen) atoms. The van der Waals surface area contributed by atoms with Crippen LogP contribution < -0.4 is 15.5 Å². The first kappa shape index (κ1) is 21.7. The lowest BCUT2D eigenvalue weighted by Gasteiger charge is -2.33. The molecule has 0 spiro atoms. The second kappa shape index (κ2) is 8.99. The number of nitrogens with zero attached hydrogens (tertiary/aromatic N) is 4. The lowest BCUT2D eigenvalue weighted by atomic mass is 9.97. The molecule has 0 atom stereocenters. The standard InChI is InChI=1S/C22H27N7O3S/c1-33(30,31)11-7-23-13-15-4-8-29(9-5-15)21-20-18(6-10-32-20)26-22(27-21)25-17-3-2-16-14-24-28-19(16)12-17/h2-3,6,10,12,14-15,23H,4-5,7-9,11,13H2,1H3,(H,24,28)(H,25,26,27). The van der Waals surface area contributed by atoms with Gasteiger partial charge in [0.1, 0.15) is 15.4 Å². The predicted molar refractivity (Wildman–Crippen MR) is 129 cm³/mol. The number of hydrogen-bond donors (Lipinski definition) is 3. The van der Waals surface area contributed by atoms with Crippen LogP contribution in [0.1, 0.15) is 12.8 Å². The van der Waals surface area contributed by atoms with Crippen LogP contribution in [0.5, 0.6) is 0 Å². The number of furan rings is 1. The molecule has 0 amide bonds. The summed E-state index contributed by atoms with van der Waals surface area (Å²) in [5.74, 6) is 1.99. The molecule has 11 heteroatoms. The number of piperidine rings is 1. The normalized spacial score (nSPS) is 15.5. The van der Waals surface area contributed by atoms with Gasteiger partial charge in [-0.15, -0.1) is 0 Å². The summed E-state index contributed by atoms with van der Waals surface area (Å²) in [7, 11) is -2.93. The van der Waals surface area contributed by atoms with Gasteiger partial charge < -0.3 is 20.0 Å². The molecule has 10 nitrogen and oxygen atoms in total. The van der Waals surface area contributed by atoms with Gasteiger partial charge >= 0.3 is 0 Å². The van der Waals surface area contributed by atoms with Gasteiger partial charge in [0, 0.05) is 43.0 Å². The number of rotatable bonds is 8. The number of anilines is 3.